The molecule has 4 N–H and O–H groups in total. The Morgan fingerprint density at radius 1 is 0.778 bits per heavy atom. The number of alkyl halides is 9. The average molecular weight is 786 g/mol. The van der Waals surface area contributed by atoms with Crippen LogP contribution in [-0.4, -0.2) is 84.4 Å². The minimum Gasteiger partial charge on any atom is -0.475 e. The predicted molar refractivity (Wildman–Crippen MR) is 167 cm³/mol. The van der Waals surface area contributed by atoms with E-state index in [2.05, 4.69) is 14.9 Å². The van der Waals surface area contributed by atoms with Gasteiger partial charge in [-0.15, -0.1) is 0 Å². The van der Waals surface area contributed by atoms with Crippen molar-refractivity contribution < 1.29 is 78.3 Å². The molecule has 0 saturated carbocycles. The molecular formula is C32H29F10N5O7. The summed E-state index contributed by atoms with van der Waals surface area (Å²) in [6.45, 7) is 5.94. The number of ether oxygens (including phenoxy) is 1. The number of carboxylic acids is 3. The fourth-order valence-corrected chi connectivity index (χ4v) is 4.23. The molecule has 0 bridgehead atoms. The molecule has 1 aliphatic rings. The Hall–Kier alpha value is -5.80. The maximum atomic E-state index is 13.6. The first kappa shape index (κ1) is 44.4. The number of aromatic nitrogens is 4. The molecule has 1 aliphatic heterocycles. The lowest BCUT2D eigenvalue weighted by Crippen LogP contribution is -2.29. The van der Waals surface area contributed by atoms with Crippen LogP contribution in [0.4, 0.5) is 43.9 Å². The van der Waals surface area contributed by atoms with Crippen LogP contribution in [0.2, 0.25) is 0 Å². The van der Waals surface area contributed by atoms with Gasteiger partial charge in [0.25, 0.3) is 0 Å². The number of carboxylic acid groups (broad SMARTS) is 3. The number of aliphatic carboxylic acids is 3. The largest absolute Gasteiger partial charge is 0.490 e. The fraction of sp³-hybridized carbons (Fsp3) is 0.312. The van der Waals surface area contributed by atoms with Crippen LogP contribution in [0.5, 0.6) is 11.8 Å². The van der Waals surface area contributed by atoms with Crippen molar-refractivity contribution in [3.63, 3.8) is 0 Å². The van der Waals surface area contributed by atoms with Crippen LogP contribution in [0.25, 0.3) is 22.6 Å². The molecule has 3 heterocycles. The number of hydrogen-bond acceptors (Lipinski definition) is 8. The Bertz CT molecular complexity index is 1820. The fourth-order valence-electron chi connectivity index (χ4n) is 4.23. The number of benzene rings is 2. The zero-order valence-electron chi connectivity index (χ0n) is 27.7. The summed E-state index contributed by atoms with van der Waals surface area (Å²) in [4.78, 5) is 40.5. The third kappa shape index (κ3) is 14.0. The molecule has 1 saturated heterocycles. The third-order valence-corrected chi connectivity index (χ3v) is 6.76. The first-order valence-corrected chi connectivity index (χ1v) is 14.9. The summed E-state index contributed by atoms with van der Waals surface area (Å²) >= 11 is 0. The van der Waals surface area contributed by atoms with Gasteiger partial charge in [0.05, 0.1) is 23.4 Å². The number of carbonyl (C=O) groups is 3. The quantitative estimate of drug-likeness (QED) is 0.149. The van der Waals surface area contributed by atoms with Crippen LogP contribution in [0, 0.1) is 19.7 Å². The van der Waals surface area contributed by atoms with Gasteiger partial charge >= 0.3 is 42.4 Å². The SMILES string of the molecule is Cc1ccc(C)c(Oc2nccc(-c3c(-c4ccc(F)cc4)ncn3C3CCNCC3)n2)c1.O=C(O)C(F)(F)F.O=C(O)C(F)(F)F.O=C(O)C(F)(F)F. The van der Waals surface area contributed by atoms with Gasteiger partial charge in [0.2, 0.25) is 0 Å². The highest BCUT2D eigenvalue weighted by Crippen LogP contribution is 2.35. The summed E-state index contributed by atoms with van der Waals surface area (Å²) < 4.78 is 117. The molecule has 0 aliphatic carbocycles. The van der Waals surface area contributed by atoms with Gasteiger partial charge in [-0.2, -0.15) is 44.5 Å². The number of nitrogens with zero attached hydrogens (tertiary/aromatic N) is 4. The molecule has 4 aromatic rings. The Morgan fingerprint density at radius 2 is 1.28 bits per heavy atom. The molecule has 1 fully saturated rings. The first-order chi connectivity index (χ1) is 24.9. The molecule has 12 nitrogen and oxygen atoms in total. The second-order valence-electron chi connectivity index (χ2n) is 10.8. The van der Waals surface area contributed by atoms with Crippen LogP contribution in [0.15, 0.2) is 61.1 Å². The van der Waals surface area contributed by atoms with Gasteiger partial charge in [-0.25, -0.2) is 28.7 Å². The highest BCUT2D eigenvalue weighted by atomic mass is 19.4. The van der Waals surface area contributed by atoms with Crippen molar-refractivity contribution in [3.05, 3.63) is 78.0 Å². The van der Waals surface area contributed by atoms with E-state index in [0.29, 0.717) is 6.04 Å². The lowest BCUT2D eigenvalue weighted by atomic mass is 10.0. The summed E-state index contributed by atoms with van der Waals surface area (Å²) in [5.41, 5.74) is 5.35. The van der Waals surface area contributed by atoms with E-state index in [1.54, 1.807) is 18.3 Å². The number of rotatable bonds is 5. The summed E-state index contributed by atoms with van der Waals surface area (Å²) in [6, 6.07) is 14.9. The van der Waals surface area contributed by atoms with Gasteiger partial charge < -0.3 is 29.9 Å². The number of nitrogens with one attached hydrogen (secondary N) is 1. The van der Waals surface area contributed by atoms with Crippen molar-refractivity contribution in [1.29, 1.82) is 0 Å². The molecule has 294 valence electrons. The standard InChI is InChI=1S/C26H26FN5O.3C2HF3O2/c1-17-3-4-18(2)23(15-17)33-26-29-14-11-22(31-26)25-24(19-5-7-20(27)8-6-19)30-16-32(25)21-9-12-28-13-10-21;3*3-2(4,5)1(6)7/h3-8,11,14-16,21,28H,9-10,12-13H2,1-2H3;3*(H,6,7). The number of hydrogen-bond donors (Lipinski definition) is 4. The minimum absolute atomic E-state index is 0.274. The second kappa shape index (κ2) is 18.8. The van der Waals surface area contributed by atoms with Gasteiger partial charge in [0.15, 0.2) is 0 Å². The van der Waals surface area contributed by atoms with Crippen LogP contribution < -0.4 is 10.1 Å². The van der Waals surface area contributed by atoms with Crippen LogP contribution in [0.3, 0.4) is 0 Å². The predicted octanol–water partition coefficient (Wildman–Crippen LogP) is 7.38. The van der Waals surface area contributed by atoms with Crippen molar-refractivity contribution in [2.45, 2.75) is 51.3 Å². The lowest BCUT2D eigenvalue weighted by Gasteiger charge is -2.25. The molecule has 0 spiro atoms. The average Bonchev–Trinajstić information content (AvgIpc) is 3.52. The third-order valence-electron chi connectivity index (χ3n) is 6.76. The van der Waals surface area contributed by atoms with E-state index < -0.39 is 36.4 Å². The van der Waals surface area contributed by atoms with E-state index in [-0.39, 0.29) is 11.8 Å². The lowest BCUT2D eigenvalue weighted by molar-refractivity contribution is -0.193. The van der Waals surface area contributed by atoms with Gasteiger partial charge in [0.1, 0.15) is 11.6 Å². The van der Waals surface area contributed by atoms with E-state index in [1.165, 1.54) is 12.1 Å². The van der Waals surface area contributed by atoms with Crippen molar-refractivity contribution in [1.82, 2.24) is 24.8 Å². The van der Waals surface area contributed by atoms with Crippen LogP contribution in [-0.2, 0) is 14.4 Å². The van der Waals surface area contributed by atoms with Crippen LogP contribution >= 0.6 is 0 Å². The maximum absolute atomic E-state index is 13.6. The number of halogens is 10. The Kier molecular flexibility index (Phi) is 15.4. The van der Waals surface area contributed by atoms with Crippen molar-refractivity contribution in [2.24, 2.45) is 0 Å². The van der Waals surface area contributed by atoms with E-state index in [1.807, 2.05) is 44.4 Å². The van der Waals surface area contributed by atoms with Crippen molar-refractivity contribution in [2.75, 3.05) is 13.1 Å². The van der Waals surface area contributed by atoms with Gasteiger partial charge in [-0.05, 0) is 87.3 Å². The van der Waals surface area contributed by atoms with Gasteiger partial charge in [0, 0.05) is 17.8 Å². The Balaban J connectivity index is 0.000000393. The number of imidazole rings is 1. The highest BCUT2D eigenvalue weighted by Gasteiger charge is 2.39. The summed E-state index contributed by atoms with van der Waals surface area (Å²) in [6.07, 6.45) is -9.67. The van der Waals surface area contributed by atoms with Crippen LogP contribution in [0.1, 0.15) is 30.0 Å². The summed E-state index contributed by atoms with van der Waals surface area (Å²) in [5, 5.41) is 24.8. The molecule has 0 atom stereocenters. The summed E-state index contributed by atoms with van der Waals surface area (Å²) in [7, 11) is 0. The number of piperidine rings is 1. The zero-order chi connectivity index (χ0) is 41.0. The topological polar surface area (TPSA) is 177 Å². The molecule has 5 rings (SSSR count). The van der Waals surface area contributed by atoms with E-state index in [9.17, 15) is 43.9 Å². The zero-order valence-corrected chi connectivity index (χ0v) is 27.7. The Labute approximate surface area is 298 Å². The van der Waals surface area contributed by atoms with E-state index >= 15 is 0 Å². The monoisotopic (exact) mass is 785 g/mol. The highest BCUT2D eigenvalue weighted by molar-refractivity contribution is 5.77. The maximum Gasteiger partial charge on any atom is 0.490 e. The van der Waals surface area contributed by atoms with Gasteiger partial charge in [-0.3, -0.25) is 0 Å². The minimum atomic E-state index is -5.08. The molecule has 22 heteroatoms. The molecular weight excluding hydrogens is 756 g/mol. The second-order valence-corrected chi connectivity index (χ2v) is 10.8. The normalized spacial score (nSPS) is 13.2. The summed E-state index contributed by atoms with van der Waals surface area (Å²) in [5.74, 6) is -7.81. The Morgan fingerprint density at radius 3 is 1.76 bits per heavy atom. The van der Waals surface area contributed by atoms with Gasteiger partial charge in [-0.1, -0.05) is 12.1 Å². The molecule has 0 radical (unpaired) electrons. The van der Waals surface area contributed by atoms with Crippen molar-refractivity contribution in [3.8, 4) is 34.4 Å². The molecule has 2 aromatic heterocycles. The van der Waals surface area contributed by atoms with E-state index in [4.69, 9.17) is 44.4 Å². The molecule has 0 amide bonds. The number of aryl methyl sites for hydroxylation is 2. The molecule has 0 unspecified atom stereocenters. The molecule has 2 aromatic carbocycles. The first-order valence-electron chi connectivity index (χ1n) is 14.9. The van der Waals surface area contributed by atoms with E-state index in [0.717, 1.165) is 65.5 Å². The smallest absolute Gasteiger partial charge is 0.475 e. The molecule has 54 heavy (non-hydrogen) atoms. The van der Waals surface area contributed by atoms with Crippen molar-refractivity contribution >= 4 is 17.9 Å².